The number of fused-ring (bicyclic) bond motifs is 1. The number of halogens is 1. The number of carbonyl (C=O) groups is 1. The van der Waals surface area contributed by atoms with Crippen LogP contribution in [-0.4, -0.2) is 48.4 Å². The summed E-state index contributed by atoms with van der Waals surface area (Å²) in [6, 6.07) is 8.05. The minimum atomic E-state index is -0.363. The molecule has 1 fully saturated rings. The Hall–Kier alpha value is -2.31. The topological polar surface area (TPSA) is 51.7 Å². The Bertz CT molecular complexity index is 801. The van der Waals surface area contributed by atoms with E-state index in [9.17, 15) is 9.18 Å². The Morgan fingerprint density at radius 1 is 1.24 bits per heavy atom. The van der Waals surface area contributed by atoms with Gasteiger partial charge in [0, 0.05) is 17.8 Å². The van der Waals surface area contributed by atoms with Crippen molar-refractivity contribution in [2.45, 2.75) is 19.6 Å². The van der Waals surface area contributed by atoms with Crippen LogP contribution < -0.4 is 0 Å². The van der Waals surface area contributed by atoms with Crippen LogP contribution in [0, 0.1) is 12.7 Å². The molecule has 0 atom stereocenters. The molecular formula is C19H19FN2O3. The number of hydrogen-bond acceptors (Lipinski definition) is 4. The van der Waals surface area contributed by atoms with Gasteiger partial charge >= 0.3 is 0 Å². The van der Waals surface area contributed by atoms with E-state index >= 15 is 0 Å². The van der Waals surface area contributed by atoms with E-state index in [1.54, 1.807) is 17.0 Å². The summed E-state index contributed by atoms with van der Waals surface area (Å²) in [6.07, 6.45) is 0.393. The maximum absolute atomic E-state index is 13.3. The summed E-state index contributed by atoms with van der Waals surface area (Å²) in [6.45, 7) is 4.07. The predicted molar refractivity (Wildman–Crippen MR) is 89.7 cm³/mol. The SMILES string of the molecule is Cc1cc2c(c(-c3ccc(F)cc3)n1)C(=O)N(CC1OCCO1)CC2. The van der Waals surface area contributed by atoms with E-state index < -0.39 is 0 Å². The second kappa shape index (κ2) is 6.54. The minimum absolute atomic E-state index is 0.0767. The van der Waals surface area contributed by atoms with Gasteiger partial charge in [0.05, 0.1) is 31.0 Å². The van der Waals surface area contributed by atoms with Gasteiger partial charge in [-0.2, -0.15) is 0 Å². The van der Waals surface area contributed by atoms with Gasteiger partial charge in [-0.15, -0.1) is 0 Å². The van der Waals surface area contributed by atoms with Crippen LogP contribution in [0.1, 0.15) is 21.6 Å². The van der Waals surface area contributed by atoms with Crippen molar-refractivity contribution in [3.05, 3.63) is 53.0 Å². The molecule has 0 bridgehead atoms. The molecule has 0 spiro atoms. The molecule has 0 saturated carbocycles. The Kier molecular flexibility index (Phi) is 4.23. The van der Waals surface area contributed by atoms with E-state index in [2.05, 4.69) is 4.98 Å². The fraction of sp³-hybridized carbons (Fsp3) is 0.368. The molecule has 5 nitrogen and oxygen atoms in total. The van der Waals surface area contributed by atoms with Crippen molar-refractivity contribution in [3.8, 4) is 11.3 Å². The van der Waals surface area contributed by atoms with Crippen LogP contribution in [0.3, 0.4) is 0 Å². The maximum Gasteiger partial charge on any atom is 0.256 e. The standard InChI is InChI=1S/C19H19FN2O3/c1-12-10-14-6-7-22(11-16-24-8-9-25-16)19(23)17(14)18(21-12)13-2-4-15(20)5-3-13/h2-5,10,16H,6-9,11H2,1H3. The van der Waals surface area contributed by atoms with E-state index in [-0.39, 0.29) is 18.0 Å². The molecule has 1 saturated heterocycles. The number of aromatic nitrogens is 1. The van der Waals surface area contributed by atoms with Crippen LogP contribution >= 0.6 is 0 Å². The van der Waals surface area contributed by atoms with Crippen LogP contribution in [0.25, 0.3) is 11.3 Å². The third-order valence-corrected chi connectivity index (χ3v) is 4.56. The lowest BCUT2D eigenvalue weighted by atomic mass is 9.94. The summed E-state index contributed by atoms with van der Waals surface area (Å²) in [4.78, 5) is 19.4. The maximum atomic E-state index is 13.3. The van der Waals surface area contributed by atoms with Gasteiger partial charge in [0.2, 0.25) is 0 Å². The monoisotopic (exact) mass is 342 g/mol. The highest BCUT2D eigenvalue weighted by molar-refractivity contribution is 6.02. The number of benzene rings is 1. The van der Waals surface area contributed by atoms with E-state index in [0.717, 1.165) is 23.2 Å². The average Bonchev–Trinajstić information content (AvgIpc) is 3.10. The number of nitrogens with zero attached hydrogens (tertiary/aromatic N) is 2. The Labute approximate surface area is 145 Å². The van der Waals surface area contributed by atoms with E-state index in [1.807, 2.05) is 13.0 Å². The lowest BCUT2D eigenvalue weighted by Gasteiger charge is -2.31. The normalized spacial score (nSPS) is 17.8. The fourth-order valence-corrected chi connectivity index (χ4v) is 3.38. The van der Waals surface area contributed by atoms with Crippen LogP contribution in [-0.2, 0) is 15.9 Å². The first-order valence-electron chi connectivity index (χ1n) is 8.41. The highest BCUT2D eigenvalue weighted by Gasteiger charge is 2.31. The predicted octanol–water partition coefficient (Wildman–Crippen LogP) is 2.57. The number of hydrogen-bond donors (Lipinski definition) is 0. The highest BCUT2D eigenvalue weighted by Crippen LogP contribution is 2.30. The van der Waals surface area contributed by atoms with Gasteiger partial charge in [0.15, 0.2) is 6.29 Å². The summed E-state index contributed by atoms with van der Waals surface area (Å²) in [5.74, 6) is -0.388. The van der Waals surface area contributed by atoms with Crippen molar-refractivity contribution < 1.29 is 18.7 Å². The number of rotatable bonds is 3. The molecule has 130 valence electrons. The van der Waals surface area contributed by atoms with Crippen molar-refractivity contribution in [2.24, 2.45) is 0 Å². The number of aryl methyl sites for hydroxylation is 1. The van der Waals surface area contributed by atoms with Crippen molar-refractivity contribution >= 4 is 5.91 Å². The molecule has 1 amide bonds. The quantitative estimate of drug-likeness (QED) is 0.860. The zero-order valence-corrected chi connectivity index (χ0v) is 14.0. The molecule has 0 radical (unpaired) electrons. The summed E-state index contributed by atoms with van der Waals surface area (Å²) >= 11 is 0. The van der Waals surface area contributed by atoms with Gasteiger partial charge < -0.3 is 14.4 Å². The molecule has 0 aliphatic carbocycles. The lowest BCUT2D eigenvalue weighted by Crippen LogP contribution is -2.43. The number of carbonyl (C=O) groups excluding carboxylic acids is 1. The molecule has 6 heteroatoms. The van der Waals surface area contributed by atoms with Crippen LogP contribution in [0.2, 0.25) is 0 Å². The van der Waals surface area contributed by atoms with Crippen LogP contribution in [0.4, 0.5) is 4.39 Å². The molecule has 2 aliphatic heterocycles. The second-order valence-corrected chi connectivity index (χ2v) is 6.33. The van der Waals surface area contributed by atoms with Gasteiger partial charge in [-0.05, 0) is 49.2 Å². The summed E-state index contributed by atoms with van der Waals surface area (Å²) < 4.78 is 24.2. The van der Waals surface area contributed by atoms with Crippen LogP contribution in [0.5, 0.6) is 0 Å². The summed E-state index contributed by atoms with van der Waals surface area (Å²) in [5, 5.41) is 0. The second-order valence-electron chi connectivity index (χ2n) is 6.33. The molecule has 2 aliphatic rings. The van der Waals surface area contributed by atoms with Gasteiger partial charge in [-0.3, -0.25) is 9.78 Å². The number of pyridine rings is 1. The molecule has 0 unspecified atom stereocenters. The largest absolute Gasteiger partial charge is 0.348 e. The van der Waals surface area contributed by atoms with Crippen LogP contribution in [0.15, 0.2) is 30.3 Å². The first kappa shape index (κ1) is 16.2. The number of ether oxygens (including phenoxy) is 2. The lowest BCUT2D eigenvalue weighted by molar-refractivity contribution is -0.0577. The Balaban J connectivity index is 1.71. The first-order valence-corrected chi connectivity index (χ1v) is 8.41. The van der Waals surface area contributed by atoms with Gasteiger partial charge in [-0.25, -0.2) is 4.39 Å². The van der Waals surface area contributed by atoms with Gasteiger partial charge in [-0.1, -0.05) is 0 Å². The third kappa shape index (κ3) is 3.15. The minimum Gasteiger partial charge on any atom is -0.348 e. The van der Waals surface area contributed by atoms with E-state index in [1.165, 1.54) is 12.1 Å². The third-order valence-electron chi connectivity index (χ3n) is 4.56. The Morgan fingerprint density at radius 3 is 2.68 bits per heavy atom. The molecule has 1 aromatic carbocycles. The van der Waals surface area contributed by atoms with Crippen molar-refractivity contribution in [1.29, 1.82) is 0 Å². The zero-order chi connectivity index (χ0) is 17.4. The highest BCUT2D eigenvalue weighted by atomic mass is 19.1. The van der Waals surface area contributed by atoms with Crippen molar-refractivity contribution in [1.82, 2.24) is 9.88 Å². The molecular weight excluding hydrogens is 323 g/mol. The fourth-order valence-electron chi connectivity index (χ4n) is 3.38. The molecule has 3 heterocycles. The van der Waals surface area contributed by atoms with Crippen molar-refractivity contribution in [3.63, 3.8) is 0 Å². The molecule has 4 rings (SSSR count). The molecule has 1 aromatic heterocycles. The van der Waals surface area contributed by atoms with Gasteiger partial charge in [0.25, 0.3) is 5.91 Å². The Morgan fingerprint density at radius 2 is 1.96 bits per heavy atom. The molecule has 2 aromatic rings. The van der Waals surface area contributed by atoms with E-state index in [0.29, 0.717) is 37.6 Å². The summed E-state index contributed by atoms with van der Waals surface area (Å²) in [5.41, 5.74) is 3.78. The number of amides is 1. The molecule has 25 heavy (non-hydrogen) atoms. The smallest absolute Gasteiger partial charge is 0.256 e. The van der Waals surface area contributed by atoms with Crippen molar-refractivity contribution in [2.75, 3.05) is 26.3 Å². The zero-order valence-electron chi connectivity index (χ0n) is 14.0. The van der Waals surface area contributed by atoms with Gasteiger partial charge in [0.1, 0.15) is 5.82 Å². The van der Waals surface area contributed by atoms with E-state index in [4.69, 9.17) is 9.47 Å². The summed E-state index contributed by atoms with van der Waals surface area (Å²) in [7, 11) is 0. The molecule has 0 N–H and O–H groups in total. The first-order chi connectivity index (χ1) is 12.1. The average molecular weight is 342 g/mol.